The third-order valence-corrected chi connectivity index (χ3v) is 2.28. The lowest BCUT2D eigenvalue weighted by molar-refractivity contribution is 0.112. The predicted octanol–water partition coefficient (Wildman–Crippen LogP) is -0.898. The van der Waals surface area contributed by atoms with Crippen LogP contribution in [-0.2, 0) is 0 Å². The molecule has 0 aliphatic carbocycles. The van der Waals surface area contributed by atoms with Gasteiger partial charge in [0.2, 0.25) is 0 Å². The van der Waals surface area contributed by atoms with Crippen molar-refractivity contribution in [2.45, 2.75) is 5.66 Å². The predicted molar refractivity (Wildman–Crippen MR) is 44.1 cm³/mol. The molecule has 0 radical (unpaired) electrons. The first-order chi connectivity index (χ1) is 5.23. The summed E-state index contributed by atoms with van der Waals surface area (Å²) in [5.74, 6) is 0.629. The van der Waals surface area contributed by atoms with Gasteiger partial charge in [-0.05, 0) is 6.08 Å². The molecule has 2 rings (SSSR count). The molecule has 4 nitrogen and oxygen atoms in total. The minimum atomic E-state index is -0.0706. The smallest absolute Gasteiger partial charge is 0.158 e. The first kappa shape index (κ1) is 6.67. The van der Waals surface area contributed by atoms with Crippen molar-refractivity contribution in [3.8, 4) is 0 Å². The van der Waals surface area contributed by atoms with Crippen molar-refractivity contribution in [3.05, 3.63) is 12.3 Å². The topological polar surface area (TPSA) is 53.6 Å². The normalized spacial score (nSPS) is 26.6. The zero-order valence-electron chi connectivity index (χ0n) is 6.54. The van der Waals surface area contributed by atoms with Gasteiger partial charge < -0.3 is 16.0 Å². The molecule has 3 N–H and O–H groups in total. The van der Waals surface area contributed by atoms with Crippen LogP contribution in [0.15, 0.2) is 17.3 Å². The Balaban J connectivity index is 2.26. The van der Waals surface area contributed by atoms with Crippen LogP contribution >= 0.6 is 0 Å². The fourth-order valence-electron chi connectivity index (χ4n) is 1.36. The second kappa shape index (κ2) is 1.98. The van der Waals surface area contributed by atoms with Crippen molar-refractivity contribution < 1.29 is 0 Å². The summed E-state index contributed by atoms with van der Waals surface area (Å²) in [5, 5.41) is 3.18. The standard InChI is InChI=1S/C7H12N4/c1-11-3-2-6(8)10-7(11)4-9-5-7/h2-3,9H,4-5H2,1H3,(H2,8,10). The molecule has 0 unspecified atom stereocenters. The molecule has 0 saturated carbocycles. The van der Waals surface area contributed by atoms with Crippen molar-refractivity contribution in [2.24, 2.45) is 10.7 Å². The number of likely N-dealkylation sites (N-methyl/N-ethyl adjacent to an activating group) is 1. The van der Waals surface area contributed by atoms with Crippen LogP contribution in [0, 0.1) is 0 Å². The fraction of sp³-hybridized carbons (Fsp3) is 0.571. The molecule has 4 heteroatoms. The molecule has 0 aromatic rings. The Hall–Kier alpha value is -1.03. The molecule has 0 atom stereocenters. The van der Waals surface area contributed by atoms with Gasteiger partial charge >= 0.3 is 0 Å². The van der Waals surface area contributed by atoms with E-state index in [-0.39, 0.29) is 5.66 Å². The largest absolute Gasteiger partial charge is 0.384 e. The van der Waals surface area contributed by atoms with E-state index >= 15 is 0 Å². The maximum absolute atomic E-state index is 5.59. The fourth-order valence-corrected chi connectivity index (χ4v) is 1.36. The summed E-state index contributed by atoms with van der Waals surface area (Å²) in [4.78, 5) is 6.47. The summed E-state index contributed by atoms with van der Waals surface area (Å²) in [6, 6.07) is 0. The molecule has 0 amide bonds. The van der Waals surface area contributed by atoms with Crippen LogP contribution in [0.3, 0.4) is 0 Å². The number of nitrogens with zero attached hydrogens (tertiary/aromatic N) is 2. The average molecular weight is 152 g/mol. The number of nitrogens with two attached hydrogens (primary N) is 1. The summed E-state index contributed by atoms with van der Waals surface area (Å²) < 4.78 is 0. The van der Waals surface area contributed by atoms with E-state index in [2.05, 4.69) is 15.2 Å². The van der Waals surface area contributed by atoms with E-state index in [0.717, 1.165) is 13.1 Å². The van der Waals surface area contributed by atoms with E-state index in [9.17, 15) is 0 Å². The number of hydrogen-bond donors (Lipinski definition) is 2. The van der Waals surface area contributed by atoms with Crippen LogP contribution < -0.4 is 11.1 Å². The number of aliphatic imine (C=N–C) groups is 1. The third-order valence-electron chi connectivity index (χ3n) is 2.28. The van der Waals surface area contributed by atoms with E-state index in [1.807, 2.05) is 19.3 Å². The molecule has 2 aliphatic heterocycles. The molecule has 1 fully saturated rings. The van der Waals surface area contributed by atoms with Gasteiger partial charge in [0.05, 0.1) is 0 Å². The Kier molecular flexibility index (Phi) is 1.20. The van der Waals surface area contributed by atoms with E-state index in [0.29, 0.717) is 5.84 Å². The van der Waals surface area contributed by atoms with Crippen molar-refractivity contribution >= 4 is 5.84 Å². The molecule has 0 aromatic carbocycles. The molecule has 11 heavy (non-hydrogen) atoms. The molecule has 2 heterocycles. The van der Waals surface area contributed by atoms with Crippen LogP contribution in [0.4, 0.5) is 0 Å². The molecule has 1 spiro atoms. The van der Waals surface area contributed by atoms with Crippen molar-refractivity contribution in [2.75, 3.05) is 20.1 Å². The molecule has 0 aromatic heterocycles. The summed E-state index contributed by atoms with van der Waals surface area (Å²) in [7, 11) is 2.02. The van der Waals surface area contributed by atoms with Gasteiger partial charge in [-0.3, -0.25) is 0 Å². The van der Waals surface area contributed by atoms with Crippen molar-refractivity contribution in [3.63, 3.8) is 0 Å². The second-order valence-corrected chi connectivity index (χ2v) is 3.05. The van der Waals surface area contributed by atoms with Gasteiger partial charge in [-0.2, -0.15) is 0 Å². The molecular formula is C7H12N4. The highest BCUT2D eigenvalue weighted by molar-refractivity contribution is 5.92. The average Bonchev–Trinajstić information content (AvgIpc) is 1.91. The molecule has 1 saturated heterocycles. The summed E-state index contributed by atoms with van der Waals surface area (Å²) in [5.41, 5.74) is 5.52. The van der Waals surface area contributed by atoms with E-state index in [1.165, 1.54) is 0 Å². The minimum Gasteiger partial charge on any atom is -0.384 e. The van der Waals surface area contributed by atoms with Gasteiger partial charge in [-0.25, -0.2) is 4.99 Å². The number of nitrogens with one attached hydrogen (secondary N) is 1. The Morgan fingerprint density at radius 1 is 1.73 bits per heavy atom. The zero-order valence-corrected chi connectivity index (χ0v) is 6.54. The Labute approximate surface area is 65.8 Å². The Morgan fingerprint density at radius 2 is 2.45 bits per heavy atom. The lowest BCUT2D eigenvalue weighted by Crippen LogP contribution is -2.66. The maximum Gasteiger partial charge on any atom is 0.158 e. The van der Waals surface area contributed by atoms with Crippen LogP contribution in [-0.4, -0.2) is 36.5 Å². The third kappa shape index (κ3) is 0.826. The van der Waals surface area contributed by atoms with Gasteiger partial charge in [0.1, 0.15) is 5.84 Å². The van der Waals surface area contributed by atoms with Crippen LogP contribution in [0.2, 0.25) is 0 Å². The number of hydrogen-bond acceptors (Lipinski definition) is 4. The van der Waals surface area contributed by atoms with Crippen LogP contribution in [0.5, 0.6) is 0 Å². The van der Waals surface area contributed by atoms with Gasteiger partial charge in [0, 0.05) is 26.3 Å². The summed E-state index contributed by atoms with van der Waals surface area (Å²) >= 11 is 0. The van der Waals surface area contributed by atoms with Crippen LogP contribution in [0.1, 0.15) is 0 Å². The SMILES string of the molecule is CN1C=CC(N)=NC12CNC2. The van der Waals surface area contributed by atoms with Gasteiger partial charge in [0.15, 0.2) is 5.66 Å². The van der Waals surface area contributed by atoms with E-state index < -0.39 is 0 Å². The van der Waals surface area contributed by atoms with Gasteiger partial charge in [-0.1, -0.05) is 0 Å². The highest BCUT2D eigenvalue weighted by atomic mass is 15.4. The number of amidine groups is 1. The van der Waals surface area contributed by atoms with E-state index in [1.54, 1.807) is 0 Å². The first-order valence-electron chi connectivity index (χ1n) is 3.70. The van der Waals surface area contributed by atoms with Gasteiger partial charge in [-0.15, -0.1) is 0 Å². The summed E-state index contributed by atoms with van der Waals surface area (Å²) in [6.07, 6.45) is 3.80. The lowest BCUT2D eigenvalue weighted by Gasteiger charge is -2.47. The van der Waals surface area contributed by atoms with Crippen molar-refractivity contribution in [1.29, 1.82) is 0 Å². The Bertz CT molecular complexity index is 227. The Morgan fingerprint density at radius 3 is 2.91 bits per heavy atom. The first-order valence-corrected chi connectivity index (χ1v) is 3.70. The molecule has 2 aliphatic rings. The minimum absolute atomic E-state index is 0.0706. The highest BCUT2D eigenvalue weighted by Crippen LogP contribution is 2.23. The molecule has 0 bridgehead atoms. The zero-order chi connectivity index (χ0) is 7.90. The van der Waals surface area contributed by atoms with Crippen molar-refractivity contribution in [1.82, 2.24) is 10.2 Å². The molecule has 60 valence electrons. The second-order valence-electron chi connectivity index (χ2n) is 3.05. The lowest BCUT2D eigenvalue weighted by atomic mass is 10.0. The van der Waals surface area contributed by atoms with E-state index in [4.69, 9.17) is 5.73 Å². The summed E-state index contributed by atoms with van der Waals surface area (Å²) in [6.45, 7) is 1.79. The van der Waals surface area contributed by atoms with Gasteiger partial charge in [0.25, 0.3) is 0 Å². The highest BCUT2D eigenvalue weighted by Gasteiger charge is 2.40. The molecular weight excluding hydrogens is 140 g/mol. The van der Waals surface area contributed by atoms with Crippen LogP contribution in [0.25, 0.3) is 0 Å². The quantitative estimate of drug-likeness (QED) is 0.473. The number of rotatable bonds is 0. The maximum atomic E-state index is 5.59. The monoisotopic (exact) mass is 152 g/mol.